The largest absolute Gasteiger partial charge is 0.398 e. The number of ether oxygens (including phenoxy) is 1. The third kappa shape index (κ3) is 5.41. The number of nitrogens with two attached hydrogens (primary N) is 1. The van der Waals surface area contributed by atoms with E-state index in [4.69, 9.17) is 10.5 Å². The average Bonchev–Trinajstić information content (AvgIpc) is 3.14. The molecule has 1 aliphatic carbocycles. The lowest BCUT2D eigenvalue weighted by Gasteiger charge is -2.13. The molecular formula is C21H27N5O2S2. The zero-order valence-electron chi connectivity index (χ0n) is 17.2. The minimum absolute atomic E-state index is 0.606. The summed E-state index contributed by atoms with van der Waals surface area (Å²) in [4.78, 5) is 23.6. The molecule has 2 heterocycles. The number of carbonyl (C=O) groups is 1. The number of benzene rings is 1. The van der Waals surface area contributed by atoms with Crippen molar-refractivity contribution in [2.24, 2.45) is 0 Å². The fraction of sp³-hybridized carbons (Fsp3) is 0.381. The Morgan fingerprint density at radius 2 is 2.13 bits per heavy atom. The minimum atomic E-state index is 0.606. The SMILES string of the molecule is COCCN(C)C=O.Nc1ccc(Nc2ncnc3sc4c(c23)CCCC4)cc1S. The van der Waals surface area contributed by atoms with Gasteiger partial charge in [-0.15, -0.1) is 24.0 Å². The number of aryl methyl sites for hydroxylation is 2. The van der Waals surface area contributed by atoms with Crippen molar-refractivity contribution in [3.8, 4) is 0 Å². The van der Waals surface area contributed by atoms with Gasteiger partial charge in [-0.3, -0.25) is 4.79 Å². The first-order valence-electron chi connectivity index (χ1n) is 9.78. The van der Waals surface area contributed by atoms with Crippen LogP contribution in [-0.2, 0) is 22.4 Å². The van der Waals surface area contributed by atoms with Gasteiger partial charge in [-0.25, -0.2) is 9.97 Å². The monoisotopic (exact) mass is 445 g/mol. The summed E-state index contributed by atoms with van der Waals surface area (Å²) < 4.78 is 4.71. The van der Waals surface area contributed by atoms with Crippen LogP contribution >= 0.6 is 24.0 Å². The maximum absolute atomic E-state index is 9.88. The number of nitrogens with one attached hydrogen (secondary N) is 1. The molecule has 0 saturated carbocycles. The van der Waals surface area contributed by atoms with E-state index in [0.29, 0.717) is 18.8 Å². The van der Waals surface area contributed by atoms with Gasteiger partial charge in [-0.1, -0.05) is 0 Å². The number of methoxy groups -OCH3 is 1. The van der Waals surface area contributed by atoms with Crippen molar-refractivity contribution in [1.82, 2.24) is 14.9 Å². The van der Waals surface area contributed by atoms with Crippen molar-refractivity contribution in [1.29, 1.82) is 0 Å². The standard InChI is InChI=1S/C16H16N4S2.C5H11NO2/c17-11-6-5-9(7-12(11)21)20-15-14-10-3-1-2-4-13(10)22-16(14)19-8-18-15;1-6(5-7)3-4-8-2/h5-8,21H,1-4,17H2,(H,18,19,20);5H,3-4H2,1-2H3. The van der Waals surface area contributed by atoms with Crippen LogP contribution in [0.3, 0.4) is 0 Å². The number of anilines is 3. The molecule has 0 atom stereocenters. The first-order valence-corrected chi connectivity index (χ1v) is 11.0. The number of hydrogen-bond donors (Lipinski definition) is 3. The molecule has 3 aromatic rings. The van der Waals surface area contributed by atoms with E-state index in [9.17, 15) is 4.79 Å². The number of carbonyl (C=O) groups excluding carboxylic acids is 1. The lowest BCUT2D eigenvalue weighted by Crippen LogP contribution is -2.20. The number of rotatable bonds is 6. The van der Waals surface area contributed by atoms with E-state index in [1.165, 1.54) is 40.0 Å². The lowest BCUT2D eigenvalue weighted by atomic mass is 9.97. The Balaban J connectivity index is 0.000000275. The highest BCUT2D eigenvalue weighted by Crippen LogP contribution is 2.39. The molecule has 9 heteroatoms. The number of thiol groups is 1. The third-order valence-corrected chi connectivity index (χ3v) is 6.46. The molecule has 1 aromatic carbocycles. The van der Waals surface area contributed by atoms with Crippen molar-refractivity contribution >= 4 is 57.8 Å². The Morgan fingerprint density at radius 1 is 1.33 bits per heavy atom. The Morgan fingerprint density at radius 3 is 2.87 bits per heavy atom. The van der Waals surface area contributed by atoms with E-state index >= 15 is 0 Å². The molecule has 160 valence electrons. The second-order valence-corrected chi connectivity index (χ2v) is 8.66. The maximum Gasteiger partial charge on any atom is 0.209 e. The maximum atomic E-state index is 9.88. The average molecular weight is 446 g/mol. The Kier molecular flexibility index (Phi) is 7.89. The Bertz CT molecular complexity index is 1010. The van der Waals surface area contributed by atoms with Gasteiger partial charge in [0.15, 0.2) is 0 Å². The highest BCUT2D eigenvalue weighted by Gasteiger charge is 2.19. The van der Waals surface area contributed by atoms with Gasteiger partial charge in [0, 0.05) is 41.8 Å². The normalized spacial score (nSPS) is 12.6. The van der Waals surface area contributed by atoms with E-state index in [-0.39, 0.29) is 0 Å². The van der Waals surface area contributed by atoms with Gasteiger partial charge in [0.05, 0.1) is 12.0 Å². The van der Waals surface area contributed by atoms with Crippen molar-refractivity contribution < 1.29 is 9.53 Å². The number of thiophene rings is 1. The molecule has 0 saturated heterocycles. The van der Waals surface area contributed by atoms with E-state index < -0.39 is 0 Å². The summed E-state index contributed by atoms with van der Waals surface area (Å²) in [5.74, 6) is 0.877. The summed E-state index contributed by atoms with van der Waals surface area (Å²) in [6.45, 7) is 1.27. The number of fused-ring (bicyclic) bond motifs is 3. The summed E-state index contributed by atoms with van der Waals surface area (Å²) >= 11 is 6.18. The summed E-state index contributed by atoms with van der Waals surface area (Å²) in [6.07, 6.45) is 7.22. The van der Waals surface area contributed by atoms with Gasteiger partial charge in [0.1, 0.15) is 17.0 Å². The molecule has 0 fully saturated rings. The van der Waals surface area contributed by atoms with Crippen LogP contribution in [0.5, 0.6) is 0 Å². The molecule has 3 N–H and O–H groups in total. The predicted octanol–water partition coefficient (Wildman–Crippen LogP) is 3.91. The highest BCUT2D eigenvalue weighted by atomic mass is 32.1. The predicted molar refractivity (Wildman–Crippen MR) is 126 cm³/mol. The fourth-order valence-electron chi connectivity index (χ4n) is 3.23. The molecule has 7 nitrogen and oxygen atoms in total. The van der Waals surface area contributed by atoms with Crippen LogP contribution in [0.4, 0.5) is 17.2 Å². The Labute approximate surface area is 186 Å². The second-order valence-electron chi connectivity index (χ2n) is 7.09. The van der Waals surface area contributed by atoms with E-state index in [0.717, 1.165) is 34.1 Å². The number of likely N-dealkylation sites (N-methyl/N-ethyl adjacent to an activating group) is 1. The van der Waals surface area contributed by atoms with E-state index in [1.54, 1.807) is 31.8 Å². The van der Waals surface area contributed by atoms with Crippen molar-refractivity contribution in [2.45, 2.75) is 30.6 Å². The molecule has 0 spiro atoms. The third-order valence-electron chi connectivity index (χ3n) is 4.87. The summed E-state index contributed by atoms with van der Waals surface area (Å²) in [6, 6.07) is 5.72. The van der Waals surface area contributed by atoms with Gasteiger partial charge in [-0.2, -0.15) is 0 Å². The smallest absolute Gasteiger partial charge is 0.209 e. The van der Waals surface area contributed by atoms with Crippen LogP contribution in [0.1, 0.15) is 23.3 Å². The summed E-state index contributed by atoms with van der Waals surface area (Å²) in [7, 11) is 3.32. The highest BCUT2D eigenvalue weighted by molar-refractivity contribution is 7.80. The van der Waals surface area contributed by atoms with Crippen molar-refractivity contribution in [2.75, 3.05) is 38.4 Å². The molecular weight excluding hydrogens is 418 g/mol. The molecule has 4 rings (SSSR count). The van der Waals surface area contributed by atoms with Crippen LogP contribution in [0, 0.1) is 0 Å². The van der Waals surface area contributed by atoms with Gasteiger partial charge in [0.25, 0.3) is 0 Å². The van der Waals surface area contributed by atoms with Crippen molar-refractivity contribution in [3.05, 3.63) is 35.0 Å². The zero-order valence-corrected chi connectivity index (χ0v) is 18.9. The van der Waals surface area contributed by atoms with Crippen LogP contribution < -0.4 is 11.1 Å². The van der Waals surface area contributed by atoms with Crippen LogP contribution in [0.25, 0.3) is 10.2 Å². The van der Waals surface area contributed by atoms with Gasteiger partial charge in [0.2, 0.25) is 6.41 Å². The number of nitrogen functional groups attached to an aromatic ring is 1. The Hall–Kier alpha value is -2.36. The fourth-order valence-corrected chi connectivity index (χ4v) is 4.67. The van der Waals surface area contributed by atoms with E-state index in [2.05, 4.69) is 27.9 Å². The minimum Gasteiger partial charge on any atom is -0.398 e. The number of hydrogen-bond acceptors (Lipinski definition) is 8. The molecule has 2 aromatic heterocycles. The van der Waals surface area contributed by atoms with Crippen molar-refractivity contribution in [3.63, 3.8) is 0 Å². The molecule has 1 aliphatic rings. The first-order chi connectivity index (χ1) is 14.5. The molecule has 0 bridgehead atoms. The zero-order chi connectivity index (χ0) is 21.5. The lowest BCUT2D eigenvalue weighted by molar-refractivity contribution is -0.117. The molecule has 30 heavy (non-hydrogen) atoms. The van der Waals surface area contributed by atoms with Gasteiger partial charge < -0.3 is 20.7 Å². The molecule has 1 amide bonds. The number of nitrogens with zero attached hydrogens (tertiary/aromatic N) is 3. The van der Waals surface area contributed by atoms with Crippen LogP contribution in [0.2, 0.25) is 0 Å². The van der Waals surface area contributed by atoms with Gasteiger partial charge >= 0.3 is 0 Å². The number of amides is 1. The summed E-state index contributed by atoms with van der Waals surface area (Å²) in [5, 5.41) is 4.58. The molecule has 0 unspecified atom stereocenters. The van der Waals surface area contributed by atoms with Crippen LogP contribution in [0.15, 0.2) is 29.4 Å². The first kappa shape index (κ1) is 22.3. The van der Waals surface area contributed by atoms with E-state index in [1.807, 2.05) is 18.2 Å². The quantitative estimate of drug-likeness (QED) is 0.303. The number of aromatic nitrogens is 2. The second kappa shape index (κ2) is 10.6. The summed E-state index contributed by atoms with van der Waals surface area (Å²) in [5.41, 5.74) is 8.86. The topological polar surface area (TPSA) is 93.4 Å². The van der Waals surface area contributed by atoms with Crippen LogP contribution in [-0.4, -0.2) is 48.6 Å². The molecule has 0 aliphatic heterocycles. The molecule has 0 radical (unpaired) electrons. The van der Waals surface area contributed by atoms with Gasteiger partial charge in [-0.05, 0) is 49.4 Å².